The second-order valence-corrected chi connectivity index (χ2v) is 5.68. The van der Waals surface area contributed by atoms with E-state index < -0.39 is 11.2 Å². The third-order valence-corrected chi connectivity index (χ3v) is 4.12. The minimum absolute atomic E-state index is 0.00977. The van der Waals surface area contributed by atoms with E-state index in [0.717, 1.165) is 11.0 Å². The van der Waals surface area contributed by atoms with Crippen molar-refractivity contribution in [2.75, 3.05) is 44.9 Å². The quantitative estimate of drug-likeness (QED) is 0.653. The van der Waals surface area contributed by atoms with E-state index in [2.05, 4.69) is 0 Å². The lowest BCUT2D eigenvalue weighted by atomic mass is 10.1. The highest BCUT2D eigenvalue weighted by molar-refractivity contribution is 5.54. The molecule has 1 aliphatic heterocycles. The fourth-order valence-corrected chi connectivity index (χ4v) is 2.85. The van der Waals surface area contributed by atoms with Crippen molar-refractivity contribution < 1.29 is 9.47 Å². The first-order valence-corrected chi connectivity index (χ1v) is 7.53. The van der Waals surface area contributed by atoms with E-state index in [0.29, 0.717) is 44.6 Å². The topological polar surface area (TPSA) is 89.5 Å². The maximum Gasteiger partial charge on any atom is 0.332 e. The van der Waals surface area contributed by atoms with Gasteiger partial charge in [0.25, 0.3) is 5.56 Å². The second kappa shape index (κ2) is 7.44. The SMILES string of the molecule is COCCOCC1CCN(c2c(C#N)c(=O)n(C)c(=O)n2C)C1. The molecule has 0 spiro atoms. The summed E-state index contributed by atoms with van der Waals surface area (Å²) in [5.41, 5.74) is -0.968. The molecule has 0 N–H and O–H groups in total. The lowest BCUT2D eigenvalue weighted by Crippen LogP contribution is -2.42. The molecule has 23 heavy (non-hydrogen) atoms. The van der Waals surface area contributed by atoms with Gasteiger partial charge in [-0.05, 0) is 6.42 Å². The van der Waals surface area contributed by atoms with Crippen LogP contribution in [0.5, 0.6) is 0 Å². The van der Waals surface area contributed by atoms with E-state index in [1.165, 1.54) is 11.6 Å². The van der Waals surface area contributed by atoms with E-state index in [1.54, 1.807) is 14.2 Å². The molecule has 1 aromatic heterocycles. The number of hydrogen-bond donors (Lipinski definition) is 0. The molecule has 0 radical (unpaired) electrons. The molecule has 1 saturated heterocycles. The highest BCUT2D eigenvalue weighted by atomic mass is 16.5. The standard InChI is InChI=1S/C15H22N4O4/c1-17-13(12(8-16)14(20)18(2)15(17)21)19-5-4-11(9-19)10-23-7-6-22-3/h11H,4-7,9-10H2,1-3H3. The van der Waals surface area contributed by atoms with Crippen molar-refractivity contribution in [1.82, 2.24) is 9.13 Å². The van der Waals surface area contributed by atoms with Crippen LogP contribution in [0.3, 0.4) is 0 Å². The van der Waals surface area contributed by atoms with E-state index in [9.17, 15) is 14.9 Å². The molecule has 0 aromatic carbocycles. The summed E-state index contributed by atoms with van der Waals surface area (Å²) in [5, 5.41) is 9.32. The maximum absolute atomic E-state index is 12.1. The molecule has 1 fully saturated rings. The maximum atomic E-state index is 12.1. The molecule has 1 aliphatic rings. The molecule has 8 heteroatoms. The molecule has 0 aliphatic carbocycles. The van der Waals surface area contributed by atoms with Crippen molar-refractivity contribution in [1.29, 1.82) is 5.26 Å². The zero-order valence-electron chi connectivity index (χ0n) is 13.7. The van der Waals surface area contributed by atoms with Gasteiger partial charge in [-0.1, -0.05) is 0 Å². The Balaban J connectivity index is 2.19. The Labute approximate surface area is 134 Å². The predicted octanol–water partition coefficient (Wildman–Crippen LogP) is -0.555. The number of hydrogen-bond acceptors (Lipinski definition) is 6. The number of rotatable bonds is 6. The zero-order chi connectivity index (χ0) is 17.0. The van der Waals surface area contributed by atoms with Crippen LogP contribution in [0.4, 0.5) is 5.82 Å². The van der Waals surface area contributed by atoms with Gasteiger partial charge in [0.1, 0.15) is 11.9 Å². The van der Waals surface area contributed by atoms with Crippen LogP contribution >= 0.6 is 0 Å². The number of nitrogens with zero attached hydrogens (tertiary/aromatic N) is 4. The van der Waals surface area contributed by atoms with Gasteiger partial charge in [-0.3, -0.25) is 13.9 Å². The van der Waals surface area contributed by atoms with Crippen LogP contribution in [0.25, 0.3) is 0 Å². The van der Waals surface area contributed by atoms with Gasteiger partial charge < -0.3 is 14.4 Å². The van der Waals surface area contributed by atoms with Crippen molar-refractivity contribution in [3.05, 3.63) is 26.4 Å². The Kier molecular flexibility index (Phi) is 5.58. The average Bonchev–Trinajstić information content (AvgIpc) is 3.01. The zero-order valence-corrected chi connectivity index (χ0v) is 13.7. The number of methoxy groups -OCH3 is 1. The molecular weight excluding hydrogens is 300 g/mol. The lowest BCUT2D eigenvalue weighted by Gasteiger charge is -2.22. The summed E-state index contributed by atoms with van der Waals surface area (Å²) in [6, 6.07) is 1.94. The minimum Gasteiger partial charge on any atom is -0.382 e. The predicted molar refractivity (Wildman–Crippen MR) is 84.7 cm³/mol. The highest BCUT2D eigenvalue weighted by Gasteiger charge is 2.28. The molecule has 8 nitrogen and oxygen atoms in total. The van der Waals surface area contributed by atoms with E-state index >= 15 is 0 Å². The largest absolute Gasteiger partial charge is 0.382 e. The van der Waals surface area contributed by atoms with Gasteiger partial charge >= 0.3 is 5.69 Å². The Morgan fingerprint density at radius 2 is 2.00 bits per heavy atom. The van der Waals surface area contributed by atoms with Gasteiger partial charge in [-0.15, -0.1) is 0 Å². The molecule has 0 bridgehead atoms. The van der Waals surface area contributed by atoms with E-state index in [1.807, 2.05) is 11.0 Å². The van der Waals surface area contributed by atoms with Crippen molar-refractivity contribution in [2.45, 2.75) is 6.42 Å². The van der Waals surface area contributed by atoms with Gasteiger partial charge in [0, 0.05) is 40.2 Å². The lowest BCUT2D eigenvalue weighted by molar-refractivity contribution is 0.0549. The number of ether oxygens (including phenoxy) is 2. The summed E-state index contributed by atoms with van der Waals surface area (Å²) in [6.45, 7) is 3.04. The molecule has 2 heterocycles. The molecule has 1 atom stereocenters. The van der Waals surface area contributed by atoms with Crippen molar-refractivity contribution >= 4 is 5.82 Å². The molecule has 1 aromatic rings. The van der Waals surface area contributed by atoms with Gasteiger partial charge in [0.2, 0.25) is 0 Å². The van der Waals surface area contributed by atoms with Crippen LogP contribution in [0.2, 0.25) is 0 Å². The first-order chi connectivity index (χ1) is 11.0. The normalized spacial score (nSPS) is 17.5. The first kappa shape index (κ1) is 17.2. The van der Waals surface area contributed by atoms with Crippen molar-refractivity contribution in [3.8, 4) is 6.07 Å². The van der Waals surface area contributed by atoms with Gasteiger partial charge in [-0.2, -0.15) is 5.26 Å². The molecule has 126 valence electrons. The summed E-state index contributed by atoms with van der Waals surface area (Å²) >= 11 is 0. The highest BCUT2D eigenvalue weighted by Crippen LogP contribution is 2.24. The Morgan fingerprint density at radius 1 is 1.26 bits per heavy atom. The Bertz CT molecular complexity index is 716. The Hall–Kier alpha value is -2.11. The summed E-state index contributed by atoms with van der Waals surface area (Å²) in [5.74, 6) is 0.706. The summed E-state index contributed by atoms with van der Waals surface area (Å²) in [6.07, 6.45) is 0.890. The van der Waals surface area contributed by atoms with Gasteiger partial charge in [0.15, 0.2) is 5.56 Å². The third kappa shape index (κ3) is 3.46. The summed E-state index contributed by atoms with van der Waals surface area (Å²) in [4.78, 5) is 26.2. The molecule has 1 unspecified atom stereocenters. The molecule has 2 rings (SSSR count). The van der Waals surface area contributed by atoms with Crippen LogP contribution in [0.15, 0.2) is 9.59 Å². The van der Waals surface area contributed by atoms with Crippen LogP contribution in [0.1, 0.15) is 12.0 Å². The van der Waals surface area contributed by atoms with Crippen molar-refractivity contribution in [2.24, 2.45) is 20.0 Å². The Morgan fingerprint density at radius 3 is 2.65 bits per heavy atom. The molecule has 0 saturated carbocycles. The minimum atomic E-state index is -0.551. The van der Waals surface area contributed by atoms with Crippen LogP contribution < -0.4 is 16.1 Å². The smallest absolute Gasteiger partial charge is 0.332 e. The van der Waals surface area contributed by atoms with Gasteiger partial charge in [0.05, 0.1) is 19.8 Å². The first-order valence-electron chi connectivity index (χ1n) is 7.53. The third-order valence-electron chi connectivity index (χ3n) is 4.12. The number of nitriles is 1. The summed E-state index contributed by atoms with van der Waals surface area (Å²) < 4.78 is 12.8. The number of aromatic nitrogens is 2. The fourth-order valence-electron chi connectivity index (χ4n) is 2.85. The molecule has 0 amide bonds. The van der Waals surface area contributed by atoms with E-state index in [4.69, 9.17) is 9.47 Å². The monoisotopic (exact) mass is 322 g/mol. The number of anilines is 1. The fraction of sp³-hybridized carbons (Fsp3) is 0.667. The van der Waals surface area contributed by atoms with Gasteiger partial charge in [-0.25, -0.2) is 4.79 Å². The van der Waals surface area contributed by atoms with Crippen LogP contribution in [-0.2, 0) is 23.6 Å². The van der Waals surface area contributed by atoms with E-state index in [-0.39, 0.29) is 5.56 Å². The van der Waals surface area contributed by atoms with Crippen LogP contribution in [0, 0.1) is 17.2 Å². The van der Waals surface area contributed by atoms with Crippen molar-refractivity contribution in [3.63, 3.8) is 0 Å². The summed E-state index contributed by atoms with van der Waals surface area (Å²) in [7, 11) is 4.59. The average molecular weight is 322 g/mol. The van der Waals surface area contributed by atoms with Crippen LogP contribution in [-0.4, -0.2) is 49.2 Å². The molecular formula is C15H22N4O4. The second-order valence-electron chi connectivity index (χ2n) is 5.68.